The molecule has 0 heterocycles. The molecule has 0 saturated heterocycles. The van der Waals surface area contributed by atoms with Gasteiger partial charge in [0.15, 0.2) is 8.60 Å². The second-order valence-electron chi connectivity index (χ2n) is 1.12. The normalized spacial score (nSPS) is 12.2. The molecule has 0 aromatic carbocycles. The molecule has 0 aliphatic carbocycles. The minimum absolute atomic E-state index is 0.230. The van der Waals surface area contributed by atoms with E-state index in [1.807, 2.05) is 13.8 Å². The molecule has 0 N–H and O–H groups in total. The molecule has 0 fully saturated rings. The van der Waals surface area contributed by atoms with Crippen LogP contribution in [-0.4, -0.2) is 13.2 Å². The van der Waals surface area contributed by atoms with Crippen LogP contribution >= 0.6 is 17.6 Å². The third-order valence-electron chi connectivity index (χ3n) is 0.477. The molecule has 0 aliphatic rings. The summed E-state index contributed by atoms with van der Waals surface area (Å²) in [7, 11) is 0.910. The fraction of sp³-hybridized carbons (Fsp3) is 1.00. The second-order valence-corrected chi connectivity index (χ2v) is 2.82. The molecule has 9 heavy (non-hydrogen) atoms. The van der Waals surface area contributed by atoms with Gasteiger partial charge in [-0.2, -0.15) is 4.52 Å². The Kier molecular flexibility index (Phi) is 8.87. The van der Waals surface area contributed by atoms with Crippen molar-refractivity contribution in [1.82, 2.24) is 0 Å². The third-order valence-corrected chi connectivity index (χ3v) is 1.92. The van der Waals surface area contributed by atoms with E-state index in [2.05, 4.69) is 4.52 Å². The van der Waals surface area contributed by atoms with Gasteiger partial charge in [0.1, 0.15) is 8.96 Å². The van der Waals surface area contributed by atoms with Gasteiger partial charge in [0.2, 0.25) is 0 Å². The molecule has 1 atom stereocenters. The Morgan fingerprint density at radius 1 is 1.44 bits per heavy atom. The van der Waals surface area contributed by atoms with Crippen molar-refractivity contribution in [3.05, 3.63) is 0 Å². The highest BCUT2D eigenvalue weighted by atomic mass is 31.1. The molecule has 0 aromatic rings. The van der Waals surface area contributed by atoms with E-state index >= 15 is 0 Å². The minimum Gasteiger partial charge on any atom is -0.340 e. The van der Waals surface area contributed by atoms with Gasteiger partial charge in [-0.15, -0.1) is 0 Å². The molecule has 3 nitrogen and oxygen atoms in total. The van der Waals surface area contributed by atoms with Crippen molar-refractivity contribution < 1.29 is 9.05 Å². The second kappa shape index (κ2) is 8.45. The van der Waals surface area contributed by atoms with Crippen molar-refractivity contribution in [3.8, 4) is 0 Å². The zero-order chi connectivity index (χ0) is 6.95. The number of rotatable bonds is 5. The van der Waals surface area contributed by atoms with Crippen LogP contribution < -0.4 is 0 Å². The summed E-state index contributed by atoms with van der Waals surface area (Å²) in [5.41, 5.74) is 0. The van der Waals surface area contributed by atoms with Crippen LogP contribution in [-0.2, 0) is 9.05 Å². The Labute approximate surface area is 59.0 Å². The molecule has 5 heteroatoms. The topological polar surface area (TPSA) is 30.8 Å². The van der Waals surface area contributed by atoms with E-state index in [1.54, 1.807) is 0 Å². The van der Waals surface area contributed by atoms with Gasteiger partial charge in [0, 0.05) is 6.61 Å². The quantitative estimate of drug-likeness (QED) is 0.465. The van der Waals surface area contributed by atoms with Gasteiger partial charge >= 0.3 is 0 Å². The van der Waals surface area contributed by atoms with Crippen molar-refractivity contribution in [3.63, 3.8) is 0 Å². The van der Waals surface area contributed by atoms with E-state index in [4.69, 9.17) is 9.05 Å². The Hall–Kier alpha value is 0.450. The lowest BCUT2D eigenvalue weighted by molar-refractivity contribution is 0.386. The molecule has 0 saturated carbocycles. The Bertz CT molecular complexity index is 79.0. The number of hydrogen-bond acceptors (Lipinski definition) is 3. The maximum Gasteiger partial charge on any atom is 0.178 e. The van der Waals surface area contributed by atoms with Crippen LogP contribution in [0.2, 0.25) is 0 Å². The first-order chi connectivity index (χ1) is 4.41. The van der Waals surface area contributed by atoms with Crippen molar-refractivity contribution in [2.45, 2.75) is 13.8 Å². The van der Waals surface area contributed by atoms with Gasteiger partial charge in [0.05, 0.1) is 6.61 Å². The predicted octanol–water partition coefficient (Wildman–Crippen LogP) is 2.61. The molecule has 0 rings (SSSR count). The van der Waals surface area contributed by atoms with Gasteiger partial charge in [0.25, 0.3) is 0 Å². The summed E-state index contributed by atoms with van der Waals surface area (Å²) in [6, 6.07) is 0. The average Bonchev–Trinajstić information content (AvgIpc) is 1.89. The summed E-state index contributed by atoms with van der Waals surface area (Å²) in [6.07, 6.45) is 0. The molecular weight excluding hydrogens is 156 g/mol. The van der Waals surface area contributed by atoms with E-state index in [9.17, 15) is 0 Å². The van der Waals surface area contributed by atoms with Crippen LogP contribution in [0.25, 0.3) is 0 Å². The van der Waals surface area contributed by atoms with E-state index in [1.165, 1.54) is 0 Å². The van der Waals surface area contributed by atoms with Crippen molar-refractivity contribution >= 4 is 17.6 Å². The maximum atomic E-state index is 4.95. The summed E-state index contributed by atoms with van der Waals surface area (Å²) in [6.45, 7) is 5.32. The number of nitrogens with zero attached hydrogens (tertiary/aromatic N) is 1. The maximum absolute atomic E-state index is 4.95. The highest BCUT2D eigenvalue weighted by molar-refractivity contribution is 7.39. The fourth-order valence-electron chi connectivity index (χ4n) is 0.197. The molecule has 0 bridgehead atoms. The average molecular weight is 167 g/mol. The van der Waals surface area contributed by atoms with E-state index in [0.29, 0.717) is 15.2 Å². The van der Waals surface area contributed by atoms with Crippen LogP contribution in [0.1, 0.15) is 13.8 Å². The lowest BCUT2D eigenvalue weighted by atomic mass is 10.9. The minimum atomic E-state index is 0.230. The lowest BCUT2D eigenvalue weighted by Crippen LogP contribution is -1.69. The molecule has 0 radical (unpaired) electrons. The smallest absolute Gasteiger partial charge is 0.178 e. The first-order valence-corrected chi connectivity index (χ1v) is 4.42. The Balaban J connectivity index is 2.86. The van der Waals surface area contributed by atoms with Crippen LogP contribution in [0.3, 0.4) is 0 Å². The van der Waals surface area contributed by atoms with Crippen LogP contribution in [0.15, 0.2) is 4.52 Å². The first kappa shape index (κ1) is 9.45. The Morgan fingerprint density at radius 2 is 2.22 bits per heavy atom. The molecule has 0 aliphatic heterocycles. The van der Waals surface area contributed by atoms with E-state index < -0.39 is 0 Å². The summed E-state index contributed by atoms with van der Waals surface area (Å²) in [5, 5.41) is 0. The summed E-state index contributed by atoms with van der Waals surface area (Å²) >= 11 is 0. The zero-order valence-electron chi connectivity index (χ0n) is 5.63. The molecule has 0 spiro atoms. The SMILES string of the molecule is CCOP=NPOCC. The largest absolute Gasteiger partial charge is 0.340 e. The van der Waals surface area contributed by atoms with E-state index in [0.717, 1.165) is 6.61 Å². The van der Waals surface area contributed by atoms with Crippen LogP contribution in [0.5, 0.6) is 0 Å². The molecule has 0 amide bonds. The van der Waals surface area contributed by atoms with Gasteiger partial charge in [-0.05, 0) is 13.8 Å². The third kappa shape index (κ3) is 8.45. The highest BCUT2D eigenvalue weighted by Gasteiger charge is 1.76. The monoisotopic (exact) mass is 167 g/mol. The van der Waals surface area contributed by atoms with Crippen LogP contribution in [0.4, 0.5) is 0 Å². The Morgan fingerprint density at radius 3 is 2.78 bits per heavy atom. The summed E-state index contributed by atoms with van der Waals surface area (Å²) < 4.78 is 13.8. The zero-order valence-corrected chi connectivity index (χ0v) is 7.52. The van der Waals surface area contributed by atoms with Crippen molar-refractivity contribution in [2.75, 3.05) is 13.2 Å². The fourth-order valence-corrected chi connectivity index (χ4v) is 1.04. The molecule has 0 aromatic heterocycles. The predicted molar refractivity (Wildman–Crippen MR) is 40.9 cm³/mol. The van der Waals surface area contributed by atoms with Gasteiger partial charge in [-0.25, -0.2) is 0 Å². The van der Waals surface area contributed by atoms with Gasteiger partial charge in [-0.1, -0.05) is 0 Å². The lowest BCUT2D eigenvalue weighted by Gasteiger charge is -1.89. The first-order valence-electron chi connectivity index (χ1n) is 2.80. The van der Waals surface area contributed by atoms with Gasteiger partial charge in [-0.3, -0.25) is 0 Å². The van der Waals surface area contributed by atoms with Crippen molar-refractivity contribution in [1.29, 1.82) is 0 Å². The number of hydrogen-bond donors (Lipinski definition) is 0. The van der Waals surface area contributed by atoms with E-state index in [-0.39, 0.29) is 8.96 Å². The summed E-state index contributed by atoms with van der Waals surface area (Å²) in [5.74, 6) is 0. The highest BCUT2D eigenvalue weighted by Crippen LogP contribution is 2.19. The molecule has 54 valence electrons. The molecule has 1 unspecified atom stereocenters. The van der Waals surface area contributed by atoms with Gasteiger partial charge < -0.3 is 9.05 Å². The summed E-state index contributed by atoms with van der Waals surface area (Å²) in [4.78, 5) is 0. The van der Waals surface area contributed by atoms with Crippen LogP contribution in [0, 0.1) is 0 Å². The van der Waals surface area contributed by atoms with Crippen molar-refractivity contribution in [2.24, 2.45) is 4.52 Å². The standard InChI is InChI=1S/C4H11NO2P2/c1-3-6-8-5-9-7-4-2/h8H,3-4H2,1-2H3. The molecular formula is C4H11NO2P2.